The van der Waals surface area contributed by atoms with Crippen molar-refractivity contribution in [1.29, 1.82) is 0 Å². The summed E-state index contributed by atoms with van der Waals surface area (Å²) in [6, 6.07) is 19.9. The molecule has 2 heterocycles. The van der Waals surface area contributed by atoms with E-state index in [0.717, 1.165) is 22.3 Å². The van der Waals surface area contributed by atoms with E-state index in [1.807, 2.05) is 42.5 Å². The average molecular weight is 316 g/mol. The summed E-state index contributed by atoms with van der Waals surface area (Å²) in [5.41, 5.74) is 4.24. The largest absolute Gasteiger partial charge is 0.355 e. The highest BCUT2D eigenvalue weighted by atomic mass is 19.1. The van der Waals surface area contributed by atoms with Crippen LogP contribution in [0.5, 0.6) is 0 Å². The number of benzene rings is 2. The van der Waals surface area contributed by atoms with E-state index < -0.39 is 0 Å². The number of halogens is 1. The molecule has 0 unspecified atom stereocenters. The second kappa shape index (κ2) is 6.08. The molecule has 0 fully saturated rings. The number of hydrogen-bond donors (Lipinski definition) is 0. The van der Waals surface area contributed by atoms with Crippen LogP contribution in [0.3, 0.4) is 0 Å². The van der Waals surface area contributed by atoms with Crippen molar-refractivity contribution in [3.05, 3.63) is 84.9 Å². The summed E-state index contributed by atoms with van der Waals surface area (Å²) in [5, 5.41) is 4.25. The predicted molar refractivity (Wildman–Crippen MR) is 90.6 cm³/mol. The minimum absolute atomic E-state index is 0.281. The van der Waals surface area contributed by atoms with Crippen molar-refractivity contribution in [3.8, 4) is 33.7 Å². The Morgan fingerprint density at radius 1 is 0.708 bits per heavy atom. The molecule has 0 aliphatic carbocycles. The van der Waals surface area contributed by atoms with Gasteiger partial charge >= 0.3 is 0 Å². The Balaban J connectivity index is 1.95. The highest BCUT2D eigenvalue weighted by molar-refractivity contribution is 5.90. The Morgan fingerprint density at radius 2 is 1.42 bits per heavy atom. The minimum atomic E-state index is -0.281. The van der Waals surface area contributed by atoms with Gasteiger partial charge in [-0.05, 0) is 42.0 Å². The number of rotatable bonds is 3. The fraction of sp³-hybridized carbons (Fsp3) is 0. The maximum atomic E-state index is 13.2. The van der Waals surface area contributed by atoms with Gasteiger partial charge in [-0.1, -0.05) is 35.5 Å². The van der Waals surface area contributed by atoms with Gasteiger partial charge in [-0.25, -0.2) is 4.39 Å². The summed E-state index contributed by atoms with van der Waals surface area (Å²) >= 11 is 0. The Labute approximate surface area is 138 Å². The number of hydrogen-bond acceptors (Lipinski definition) is 3. The first-order chi connectivity index (χ1) is 11.8. The summed E-state index contributed by atoms with van der Waals surface area (Å²) in [6.45, 7) is 0. The van der Waals surface area contributed by atoms with Crippen LogP contribution in [-0.4, -0.2) is 10.1 Å². The third-order valence-corrected chi connectivity index (χ3v) is 3.81. The van der Waals surface area contributed by atoms with Crippen LogP contribution in [-0.2, 0) is 0 Å². The lowest BCUT2D eigenvalue weighted by Crippen LogP contribution is -1.86. The number of nitrogens with zero attached hydrogens (tertiary/aromatic N) is 2. The van der Waals surface area contributed by atoms with Crippen molar-refractivity contribution in [3.63, 3.8) is 0 Å². The first-order valence-corrected chi connectivity index (χ1v) is 7.54. The molecule has 0 aliphatic heterocycles. The van der Waals surface area contributed by atoms with Crippen LogP contribution in [0.15, 0.2) is 83.6 Å². The molecule has 0 amide bonds. The maximum Gasteiger partial charge on any atom is 0.175 e. The zero-order valence-electron chi connectivity index (χ0n) is 12.7. The lowest BCUT2D eigenvalue weighted by atomic mass is 9.97. The van der Waals surface area contributed by atoms with E-state index in [4.69, 9.17) is 4.52 Å². The van der Waals surface area contributed by atoms with Crippen molar-refractivity contribution in [2.75, 3.05) is 0 Å². The van der Waals surface area contributed by atoms with Crippen molar-refractivity contribution in [2.24, 2.45) is 0 Å². The van der Waals surface area contributed by atoms with Crippen LogP contribution in [0.1, 0.15) is 0 Å². The average Bonchev–Trinajstić information content (AvgIpc) is 3.09. The van der Waals surface area contributed by atoms with Gasteiger partial charge in [0.1, 0.15) is 11.5 Å². The van der Waals surface area contributed by atoms with Crippen LogP contribution in [0, 0.1) is 5.82 Å². The fourth-order valence-electron chi connectivity index (χ4n) is 2.67. The predicted octanol–water partition coefficient (Wildman–Crippen LogP) is 5.21. The molecule has 0 atom stereocenters. The van der Waals surface area contributed by atoms with Gasteiger partial charge in [0, 0.05) is 23.5 Å². The van der Waals surface area contributed by atoms with E-state index in [0.29, 0.717) is 11.5 Å². The van der Waals surface area contributed by atoms with E-state index in [2.05, 4.69) is 10.1 Å². The molecule has 116 valence electrons. The lowest BCUT2D eigenvalue weighted by Gasteiger charge is -2.05. The molecule has 0 spiro atoms. The molecule has 2 aromatic heterocycles. The molecule has 0 saturated heterocycles. The molecule has 4 heteroatoms. The molecule has 0 bridgehead atoms. The second-order valence-corrected chi connectivity index (χ2v) is 5.34. The molecule has 0 aliphatic rings. The van der Waals surface area contributed by atoms with Crippen LogP contribution < -0.4 is 0 Å². The summed E-state index contributed by atoms with van der Waals surface area (Å²) in [7, 11) is 0. The SMILES string of the molecule is Fc1ccc(-c2noc(-c3ccccc3)c2-c2ccncc2)cc1. The maximum absolute atomic E-state index is 13.2. The summed E-state index contributed by atoms with van der Waals surface area (Å²) in [5.74, 6) is 0.400. The molecule has 0 saturated carbocycles. The summed E-state index contributed by atoms with van der Waals surface area (Å²) in [6.07, 6.45) is 3.46. The normalized spacial score (nSPS) is 10.7. The highest BCUT2D eigenvalue weighted by Crippen LogP contribution is 2.39. The van der Waals surface area contributed by atoms with Crippen LogP contribution in [0.4, 0.5) is 4.39 Å². The van der Waals surface area contributed by atoms with E-state index in [9.17, 15) is 4.39 Å². The molecular formula is C20H13FN2O. The van der Waals surface area contributed by atoms with E-state index in [-0.39, 0.29) is 5.82 Å². The third-order valence-electron chi connectivity index (χ3n) is 3.81. The molecule has 2 aromatic carbocycles. The lowest BCUT2D eigenvalue weighted by molar-refractivity contribution is 0.435. The molecule has 0 radical (unpaired) electrons. The first-order valence-electron chi connectivity index (χ1n) is 7.54. The quantitative estimate of drug-likeness (QED) is 0.521. The Bertz CT molecular complexity index is 948. The van der Waals surface area contributed by atoms with E-state index >= 15 is 0 Å². The van der Waals surface area contributed by atoms with Gasteiger partial charge in [-0.2, -0.15) is 0 Å². The molecular weight excluding hydrogens is 303 g/mol. The molecule has 4 rings (SSSR count). The van der Waals surface area contributed by atoms with Gasteiger partial charge in [0.25, 0.3) is 0 Å². The Morgan fingerprint density at radius 3 is 2.12 bits per heavy atom. The second-order valence-electron chi connectivity index (χ2n) is 5.34. The molecule has 3 nitrogen and oxygen atoms in total. The zero-order valence-corrected chi connectivity index (χ0v) is 12.7. The monoisotopic (exact) mass is 316 g/mol. The van der Waals surface area contributed by atoms with E-state index in [1.54, 1.807) is 24.5 Å². The third kappa shape index (κ3) is 2.58. The van der Waals surface area contributed by atoms with Crippen molar-refractivity contribution < 1.29 is 8.91 Å². The molecule has 24 heavy (non-hydrogen) atoms. The van der Waals surface area contributed by atoms with Gasteiger partial charge in [0.15, 0.2) is 5.76 Å². The number of pyridine rings is 1. The van der Waals surface area contributed by atoms with Gasteiger partial charge in [0.2, 0.25) is 0 Å². The van der Waals surface area contributed by atoms with E-state index in [1.165, 1.54) is 12.1 Å². The van der Waals surface area contributed by atoms with Crippen molar-refractivity contribution in [1.82, 2.24) is 10.1 Å². The van der Waals surface area contributed by atoms with Crippen LogP contribution in [0.2, 0.25) is 0 Å². The van der Waals surface area contributed by atoms with Crippen LogP contribution in [0.25, 0.3) is 33.7 Å². The molecule has 0 N–H and O–H groups in total. The summed E-state index contributed by atoms with van der Waals surface area (Å²) < 4.78 is 18.9. The van der Waals surface area contributed by atoms with Gasteiger partial charge in [-0.15, -0.1) is 0 Å². The summed E-state index contributed by atoms with van der Waals surface area (Å²) in [4.78, 5) is 4.07. The van der Waals surface area contributed by atoms with Crippen molar-refractivity contribution in [2.45, 2.75) is 0 Å². The fourth-order valence-corrected chi connectivity index (χ4v) is 2.67. The van der Waals surface area contributed by atoms with Gasteiger partial charge < -0.3 is 4.52 Å². The minimum Gasteiger partial charge on any atom is -0.355 e. The highest BCUT2D eigenvalue weighted by Gasteiger charge is 2.20. The van der Waals surface area contributed by atoms with Gasteiger partial charge in [-0.3, -0.25) is 4.98 Å². The van der Waals surface area contributed by atoms with Crippen LogP contribution >= 0.6 is 0 Å². The van der Waals surface area contributed by atoms with Gasteiger partial charge in [0.05, 0.1) is 5.56 Å². The zero-order chi connectivity index (χ0) is 16.4. The smallest absolute Gasteiger partial charge is 0.175 e. The first kappa shape index (κ1) is 14.3. The Kier molecular flexibility index (Phi) is 3.63. The number of aromatic nitrogens is 2. The topological polar surface area (TPSA) is 38.9 Å². The molecule has 4 aromatic rings. The Hall–Kier alpha value is -3.27. The van der Waals surface area contributed by atoms with Crippen molar-refractivity contribution >= 4 is 0 Å². The standard InChI is InChI=1S/C20H13FN2O/c21-17-8-6-15(7-9-17)19-18(14-10-12-22-13-11-14)20(24-23-19)16-4-2-1-3-5-16/h1-13H.